The number of alkyl halides is 2. The van der Waals surface area contributed by atoms with Gasteiger partial charge in [0.05, 0.1) is 5.56 Å². The monoisotopic (exact) mass is 191 g/mol. The van der Waals surface area contributed by atoms with Crippen molar-refractivity contribution in [3.63, 3.8) is 0 Å². The molecule has 1 aromatic heterocycles. The van der Waals surface area contributed by atoms with Crippen molar-refractivity contribution in [2.75, 3.05) is 0 Å². The normalized spacial score (nSPS) is 10.3. The molecule has 0 saturated carbocycles. The van der Waals surface area contributed by atoms with E-state index in [1.165, 1.54) is 0 Å². The van der Waals surface area contributed by atoms with Gasteiger partial charge in [0, 0.05) is 11.8 Å². The highest BCUT2D eigenvalue weighted by atomic mass is 35.5. The molecule has 0 radical (unpaired) electrons. The first-order valence-electron chi connectivity index (χ1n) is 3.04. The molecule has 1 heterocycles. The number of rotatable bonds is 2. The van der Waals surface area contributed by atoms with Crippen molar-refractivity contribution < 1.29 is 13.6 Å². The second-order valence-corrected chi connectivity index (χ2v) is 2.38. The summed E-state index contributed by atoms with van der Waals surface area (Å²) in [5.41, 5.74) is -0.626. The number of aromatic nitrogens is 1. The summed E-state index contributed by atoms with van der Waals surface area (Å²) in [5.74, 6) is 0. The zero-order chi connectivity index (χ0) is 9.14. The minimum absolute atomic E-state index is 0.192. The lowest BCUT2D eigenvalue weighted by Gasteiger charge is -2.02. The molecule has 0 spiro atoms. The summed E-state index contributed by atoms with van der Waals surface area (Å²) in [5, 5.41) is -0.192. The predicted octanol–water partition coefficient (Wildman–Crippen LogP) is 2.49. The maximum atomic E-state index is 12.1. The Morgan fingerprint density at radius 3 is 2.67 bits per heavy atom. The third-order valence-electron chi connectivity index (χ3n) is 1.33. The molecular formula is C7H4ClF2NO. The van der Waals surface area contributed by atoms with E-state index in [0.717, 1.165) is 12.3 Å². The molecule has 1 aromatic rings. The Kier molecular flexibility index (Phi) is 2.70. The van der Waals surface area contributed by atoms with E-state index >= 15 is 0 Å². The number of aldehydes is 1. The molecule has 1 rings (SSSR count). The van der Waals surface area contributed by atoms with Gasteiger partial charge in [-0.05, 0) is 6.07 Å². The largest absolute Gasteiger partial charge is 0.298 e. The van der Waals surface area contributed by atoms with Gasteiger partial charge in [0.2, 0.25) is 0 Å². The summed E-state index contributed by atoms with van der Waals surface area (Å²) in [6.07, 6.45) is -1.29. The van der Waals surface area contributed by atoms with Crippen molar-refractivity contribution >= 4 is 17.9 Å². The Morgan fingerprint density at radius 2 is 2.25 bits per heavy atom. The van der Waals surface area contributed by atoms with Gasteiger partial charge in [0.15, 0.2) is 6.29 Å². The molecular weight excluding hydrogens is 188 g/mol. The summed E-state index contributed by atoms with van der Waals surface area (Å²) in [6, 6.07) is 1.07. The molecule has 0 unspecified atom stereocenters. The zero-order valence-corrected chi connectivity index (χ0v) is 6.55. The Hall–Kier alpha value is -1.03. The second-order valence-electron chi connectivity index (χ2n) is 2.02. The summed E-state index contributed by atoms with van der Waals surface area (Å²) >= 11 is 5.40. The fraction of sp³-hybridized carbons (Fsp3) is 0.143. The van der Waals surface area contributed by atoms with Crippen LogP contribution in [0.1, 0.15) is 22.3 Å². The Bertz CT molecular complexity index is 303. The van der Waals surface area contributed by atoms with Gasteiger partial charge in [0.1, 0.15) is 5.15 Å². The maximum absolute atomic E-state index is 12.1. The summed E-state index contributed by atoms with van der Waals surface area (Å²) in [6.45, 7) is 0. The Morgan fingerprint density at radius 1 is 1.58 bits per heavy atom. The van der Waals surface area contributed by atoms with Crippen LogP contribution in [0.2, 0.25) is 5.15 Å². The van der Waals surface area contributed by atoms with Crippen LogP contribution in [0.3, 0.4) is 0 Å². The number of carbonyl (C=O) groups excluding carboxylic acids is 1. The molecule has 0 aliphatic rings. The average molecular weight is 192 g/mol. The molecule has 0 aliphatic heterocycles. The average Bonchev–Trinajstić information content (AvgIpc) is 2.03. The summed E-state index contributed by atoms with van der Waals surface area (Å²) < 4.78 is 24.3. The molecule has 0 atom stereocenters. The second kappa shape index (κ2) is 3.58. The fourth-order valence-corrected chi connectivity index (χ4v) is 0.978. The lowest BCUT2D eigenvalue weighted by atomic mass is 10.2. The third kappa shape index (κ3) is 1.58. The summed E-state index contributed by atoms with van der Waals surface area (Å²) in [4.78, 5) is 13.8. The van der Waals surface area contributed by atoms with E-state index in [-0.39, 0.29) is 22.6 Å². The van der Waals surface area contributed by atoms with Crippen LogP contribution in [0.4, 0.5) is 8.78 Å². The van der Waals surface area contributed by atoms with E-state index in [9.17, 15) is 13.6 Å². The lowest BCUT2D eigenvalue weighted by molar-refractivity contribution is 0.110. The van der Waals surface area contributed by atoms with Crippen LogP contribution in [0, 0.1) is 0 Å². The van der Waals surface area contributed by atoms with Gasteiger partial charge in [-0.25, -0.2) is 13.8 Å². The first kappa shape index (κ1) is 9.06. The number of pyridine rings is 1. The van der Waals surface area contributed by atoms with Gasteiger partial charge in [-0.1, -0.05) is 11.6 Å². The fourth-order valence-electron chi connectivity index (χ4n) is 0.768. The first-order valence-corrected chi connectivity index (χ1v) is 3.42. The van der Waals surface area contributed by atoms with Crippen LogP contribution in [-0.2, 0) is 0 Å². The molecule has 0 fully saturated rings. The number of hydrogen-bond donors (Lipinski definition) is 0. The SMILES string of the molecule is O=Cc1c(C(F)F)ccnc1Cl. The number of carbonyl (C=O) groups is 1. The van der Waals surface area contributed by atoms with Crippen molar-refractivity contribution in [3.8, 4) is 0 Å². The molecule has 64 valence electrons. The van der Waals surface area contributed by atoms with Crippen molar-refractivity contribution in [1.82, 2.24) is 4.98 Å². The van der Waals surface area contributed by atoms with Gasteiger partial charge < -0.3 is 0 Å². The lowest BCUT2D eigenvalue weighted by Crippen LogP contribution is -1.95. The Balaban J connectivity index is 3.27. The summed E-state index contributed by atoms with van der Waals surface area (Å²) in [7, 11) is 0. The van der Waals surface area contributed by atoms with E-state index in [0.29, 0.717) is 0 Å². The minimum Gasteiger partial charge on any atom is -0.298 e. The maximum Gasteiger partial charge on any atom is 0.264 e. The zero-order valence-electron chi connectivity index (χ0n) is 5.80. The van der Waals surface area contributed by atoms with Crippen LogP contribution in [-0.4, -0.2) is 11.3 Å². The molecule has 0 amide bonds. The van der Waals surface area contributed by atoms with Crippen LogP contribution >= 0.6 is 11.6 Å². The molecule has 0 aromatic carbocycles. The van der Waals surface area contributed by atoms with Gasteiger partial charge in [0.25, 0.3) is 6.43 Å². The van der Waals surface area contributed by atoms with E-state index in [1.807, 2.05) is 0 Å². The number of nitrogens with zero attached hydrogens (tertiary/aromatic N) is 1. The highest BCUT2D eigenvalue weighted by molar-refractivity contribution is 6.31. The van der Waals surface area contributed by atoms with Gasteiger partial charge in [-0.2, -0.15) is 0 Å². The van der Waals surface area contributed by atoms with Crippen molar-refractivity contribution in [1.29, 1.82) is 0 Å². The van der Waals surface area contributed by atoms with Gasteiger partial charge in [-0.3, -0.25) is 4.79 Å². The molecule has 2 nitrogen and oxygen atoms in total. The van der Waals surface area contributed by atoms with E-state index in [4.69, 9.17) is 11.6 Å². The van der Waals surface area contributed by atoms with E-state index in [2.05, 4.69) is 4.98 Å². The molecule has 0 bridgehead atoms. The molecule has 0 saturated heterocycles. The number of halogens is 3. The van der Waals surface area contributed by atoms with Crippen LogP contribution in [0.5, 0.6) is 0 Å². The van der Waals surface area contributed by atoms with Crippen molar-refractivity contribution in [2.24, 2.45) is 0 Å². The highest BCUT2D eigenvalue weighted by Gasteiger charge is 2.14. The quantitative estimate of drug-likeness (QED) is 0.531. The van der Waals surface area contributed by atoms with Gasteiger partial charge in [-0.15, -0.1) is 0 Å². The minimum atomic E-state index is -2.70. The molecule has 12 heavy (non-hydrogen) atoms. The standard InChI is InChI=1S/C7H4ClF2NO/c8-6-5(3-12)4(7(9)10)1-2-11-6/h1-3,7H. The van der Waals surface area contributed by atoms with E-state index in [1.54, 1.807) is 0 Å². The van der Waals surface area contributed by atoms with Crippen molar-refractivity contribution in [3.05, 3.63) is 28.5 Å². The molecule has 0 N–H and O–H groups in total. The number of hydrogen-bond acceptors (Lipinski definition) is 2. The predicted molar refractivity (Wildman–Crippen MR) is 39.6 cm³/mol. The Labute approximate surface area is 72.2 Å². The molecule has 5 heteroatoms. The van der Waals surface area contributed by atoms with Crippen LogP contribution < -0.4 is 0 Å². The first-order chi connectivity index (χ1) is 5.66. The molecule has 0 aliphatic carbocycles. The van der Waals surface area contributed by atoms with E-state index < -0.39 is 6.43 Å². The third-order valence-corrected chi connectivity index (χ3v) is 1.63. The van der Waals surface area contributed by atoms with Crippen molar-refractivity contribution in [2.45, 2.75) is 6.43 Å². The highest BCUT2D eigenvalue weighted by Crippen LogP contribution is 2.24. The topological polar surface area (TPSA) is 30.0 Å². The van der Waals surface area contributed by atoms with Gasteiger partial charge >= 0.3 is 0 Å². The van der Waals surface area contributed by atoms with Crippen LogP contribution in [0.15, 0.2) is 12.3 Å². The smallest absolute Gasteiger partial charge is 0.264 e. The van der Waals surface area contributed by atoms with Crippen LogP contribution in [0.25, 0.3) is 0 Å².